The molecule has 13 atom stereocenters. The number of aliphatic hydroxyl groups excluding tert-OH is 4. The van der Waals surface area contributed by atoms with E-state index in [9.17, 15) is 20.4 Å². The Kier molecular flexibility index (Phi) is 21.5. The van der Waals surface area contributed by atoms with Gasteiger partial charge < -0.3 is 58.3 Å². The van der Waals surface area contributed by atoms with Gasteiger partial charge >= 0.3 is 0 Å². The molecule has 13 unspecified atom stereocenters. The Morgan fingerprint density at radius 2 is 0.727 bits per heavy atom. The molecule has 4 N–H and O–H groups in total. The van der Waals surface area contributed by atoms with Gasteiger partial charge in [-0.15, -0.1) is 0 Å². The fraction of sp³-hybridized carbons (Fsp3) is 1.00. The number of nitrogens with zero attached hydrogens (tertiary/aromatic N) is 4. The highest BCUT2D eigenvalue weighted by Crippen LogP contribution is 2.23. The van der Waals surface area contributed by atoms with Gasteiger partial charge in [-0.2, -0.15) is 0 Å². The van der Waals surface area contributed by atoms with Crippen molar-refractivity contribution >= 4 is 0 Å². The van der Waals surface area contributed by atoms with Gasteiger partial charge in [-0.1, -0.05) is 0 Å². The molecule has 0 saturated carbocycles. The molecule has 0 amide bonds. The summed E-state index contributed by atoms with van der Waals surface area (Å²) in [5.74, 6) is 0. The summed E-state index contributed by atoms with van der Waals surface area (Å²) in [6.45, 7) is 21.7. The SMILES string of the molecule is CC(CCOCC(O)CN1CC1C)OCC(COCCOCC(O)CN1CC1C)(COCCOCC(O)CN1CC1C)COCCOCC(O)CN1CC1C. The highest BCUT2D eigenvalue weighted by Gasteiger charge is 2.35. The Balaban J connectivity index is 1.23. The van der Waals surface area contributed by atoms with Crippen LogP contribution in [-0.4, -0.2) is 246 Å². The summed E-state index contributed by atoms with van der Waals surface area (Å²) in [6, 6.07) is 2.13. The number of hydrogen-bond donors (Lipinski definition) is 4. The van der Waals surface area contributed by atoms with E-state index in [4.69, 9.17) is 37.9 Å². The maximum absolute atomic E-state index is 10.3. The molecule has 0 aromatic rings. The molecular formula is C39H76N4O12. The van der Waals surface area contributed by atoms with Crippen LogP contribution in [0, 0.1) is 5.41 Å². The maximum Gasteiger partial charge on any atom is 0.0900 e. The zero-order valence-electron chi connectivity index (χ0n) is 34.5. The maximum atomic E-state index is 10.3. The number of ether oxygens (including phenoxy) is 8. The van der Waals surface area contributed by atoms with Gasteiger partial charge in [0.1, 0.15) is 0 Å². The molecule has 4 heterocycles. The third-order valence-electron chi connectivity index (χ3n) is 10.7. The third kappa shape index (κ3) is 20.8. The Labute approximate surface area is 330 Å². The van der Waals surface area contributed by atoms with Gasteiger partial charge in [0.05, 0.1) is 128 Å². The average Bonchev–Trinajstić information content (AvgIpc) is 4.08. The van der Waals surface area contributed by atoms with Crippen LogP contribution in [0.1, 0.15) is 41.0 Å². The van der Waals surface area contributed by atoms with E-state index in [1.54, 1.807) is 0 Å². The summed E-state index contributed by atoms with van der Waals surface area (Å²) >= 11 is 0. The minimum atomic E-state index is -0.681. The summed E-state index contributed by atoms with van der Waals surface area (Å²) in [4.78, 5) is 8.80. The molecular weight excluding hydrogens is 716 g/mol. The van der Waals surface area contributed by atoms with E-state index in [1.807, 2.05) is 6.92 Å². The Morgan fingerprint density at radius 3 is 1.02 bits per heavy atom. The van der Waals surface area contributed by atoms with Crippen LogP contribution in [-0.2, 0) is 37.9 Å². The first-order chi connectivity index (χ1) is 26.4. The predicted octanol–water partition coefficient (Wildman–Crippen LogP) is -0.856. The average molecular weight is 793 g/mol. The van der Waals surface area contributed by atoms with Crippen LogP contribution < -0.4 is 0 Å². The molecule has 16 heteroatoms. The molecule has 16 nitrogen and oxygen atoms in total. The van der Waals surface area contributed by atoms with Crippen LogP contribution in [0.3, 0.4) is 0 Å². The molecule has 4 rings (SSSR count). The van der Waals surface area contributed by atoms with E-state index >= 15 is 0 Å². The summed E-state index contributed by atoms with van der Waals surface area (Å²) in [6.07, 6.45) is -1.61. The van der Waals surface area contributed by atoms with Crippen molar-refractivity contribution in [1.82, 2.24) is 19.6 Å². The van der Waals surface area contributed by atoms with E-state index in [2.05, 4.69) is 47.3 Å². The molecule has 0 spiro atoms. The Morgan fingerprint density at radius 1 is 0.455 bits per heavy atom. The lowest BCUT2D eigenvalue weighted by Crippen LogP contribution is -2.43. The van der Waals surface area contributed by atoms with Gasteiger partial charge in [-0.25, -0.2) is 0 Å². The second-order valence-corrected chi connectivity index (χ2v) is 16.7. The lowest BCUT2D eigenvalue weighted by Gasteiger charge is -2.34. The molecule has 0 radical (unpaired) electrons. The summed E-state index contributed by atoms with van der Waals surface area (Å²) in [7, 11) is 0. The molecule has 55 heavy (non-hydrogen) atoms. The van der Waals surface area contributed by atoms with Crippen molar-refractivity contribution < 1.29 is 58.3 Å². The first-order valence-electron chi connectivity index (χ1n) is 20.8. The molecule has 0 aromatic carbocycles. The van der Waals surface area contributed by atoms with Crippen molar-refractivity contribution in [1.29, 1.82) is 0 Å². The van der Waals surface area contributed by atoms with Crippen molar-refractivity contribution in [2.45, 2.75) is 95.7 Å². The van der Waals surface area contributed by atoms with Gasteiger partial charge in [-0.05, 0) is 41.0 Å². The minimum absolute atomic E-state index is 0.136. The van der Waals surface area contributed by atoms with Crippen molar-refractivity contribution in [2.24, 2.45) is 5.41 Å². The van der Waals surface area contributed by atoms with Crippen LogP contribution in [0.15, 0.2) is 0 Å². The van der Waals surface area contributed by atoms with E-state index in [1.165, 1.54) is 0 Å². The van der Waals surface area contributed by atoms with E-state index in [-0.39, 0.29) is 45.7 Å². The lowest BCUT2D eigenvalue weighted by molar-refractivity contribution is -0.131. The highest BCUT2D eigenvalue weighted by molar-refractivity contribution is 4.88. The molecule has 4 aliphatic rings. The molecule has 0 aliphatic carbocycles. The predicted molar refractivity (Wildman–Crippen MR) is 206 cm³/mol. The van der Waals surface area contributed by atoms with Gasteiger partial charge in [0, 0.05) is 83.1 Å². The Hall–Kier alpha value is -0.640. The number of rotatable bonds is 37. The number of aliphatic hydroxyl groups is 4. The highest BCUT2D eigenvalue weighted by atomic mass is 16.6. The smallest absolute Gasteiger partial charge is 0.0900 e. The summed E-state index contributed by atoms with van der Waals surface area (Å²) in [5.41, 5.74) is -0.681. The minimum Gasteiger partial charge on any atom is -0.389 e. The van der Waals surface area contributed by atoms with Gasteiger partial charge in [0.25, 0.3) is 0 Å². The number of hydrogen-bond acceptors (Lipinski definition) is 16. The van der Waals surface area contributed by atoms with E-state index in [0.717, 1.165) is 26.2 Å². The second-order valence-electron chi connectivity index (χ2n) is 16.7. The molecule has 4 saturated heterocycles. The monoisotopic (exact) mass is 793 g/mol. The van der Waals surface area contributed by atoms with Crippen LogP contribution in [0.4, 0.5) is 0 Å². The zero-order chi connectivity index (χ0) is 39.6. The first kappa shape index (κ1) is 47.0. The van der Waals surface area contributed by atoms with Crippen LogP contribution in [0.25, 0.3) is 0 Å². The van der Waals surface area contributed by atoms with Gasteiger partial charge in [0.2, 0.25) is 0 Å². The van der Waals surface area contributed by atoms with Gasteiger partial charge in [-0.3, -0.25) is 19.6 Å². The van der Waals surface area contributed by atoms with Crippen LogP contribution in [0.5, 0.6) is 0 Å². The van der Waals surface area contributed by atoms with Crippen molar-refractivity contribution in [2.75, 3.05) is 151 Å². The van der Waals surface area contributed by atoms with Gasteiger partial charge in [0.15, 0.2) is 0 Å². The zero-order valence-corrected chi connectivity index (χ0v) is 34.5. The fourth-order valence-electron chi connectivity index (χ4n) is 6.48. The van der Waals surface area contributed by atoms with Crippen molar-refractivity contribution in [3.8, 4) is 0 Å². The normalized spacial score (nSPS) is 30.7. The summed E-state index contributed by atoms with van der Waals surface area (Å²) in [5, 5.41) is 41.1. The Bertz CT molecular complexity index is 936. The molecule has 0 aromatic heterocycles. The van der Waals surface area contributed by atoms with Crippen LogP contribution in [0.2, 0.25) is 0 Å². The van der Waals surface area contributed by atoms with E-state index in [0.29, 0.717) is 116 Å². The summed E-state index contributed by atoms with van der Waals surface area (Å²) < 4.78 is 47.8. The number of β-amino-alcohol motifs (C(OH)–C–C–N with tert-alkyl or cyclic N) is 4. The van der Waals surface area contributed by atoms with E-state index < -0.39 is 29.8 Å². The third-order valence-corrected chi connectivity index (χ3v) is 10.7. The topological polar surface area (TPSA) is 167 Å². The fourth-order valence-corrected chi connectivity index (χ4v) is 6.48. The lowest BCUT2D eigenvalue weighted by atomic mass is 9.92. The molecule has 4 aliphatic heterocycles. The second kappa shape index (κ2) is 25.1. The first-order valence-corrected chi connectivity index (χ1v) is 20.8. The van der Waals surface area contributed by atoms with Crippen molar-refractivity contribution in [3.63, 3.8) is 0 Å². The molecule has 324 valence electrons. The largest absolute Gasteiger partial charge is 0.389 e. The quantitative estimate of drug-likeness (QED) is 0.0454. The standard InChI is InChI=1S/C39H76N4O12/c1-30-14-40(30)18-35(44)22-48-7-6-34(5)55-29-39(26-52-11-8-49-23-36(45)19-41-15-31(41)2,27-53-12-9-50-24-37(46)20-42-16-32(42)3)28-54-13-10-51-25-38(47)21-43-17-33(43)4/h30-38,44-47H,6-29H2,1-5H3. The molecule has 0 bridgehead atoms. The molecule has 4 fully saturated rings. The van der Waals surface area contributed by atoms with Crippen LogP contribution >= 0.6 is 0 Å². The van der Waals surface area contributed by atoms with Crippen molar-refractivity contribution in [3.05, 3.63) is 0 Å².